The van der Waals surface area contributed by atoms with E-state index in [2.05, 4.69) is 4.74 Å². The first-order valence-corrected chi connectivity index (χ1v) is 4.66. The first kappa shape index (κ1) is 14.6. The molecule has 0 N–H and O–H groups in total. The van der Waals surface area contributed by atoms with Crippen LogP contribution in [0.2, 0.25) is 0 Å². The maximum Gasteiger partial charge on any atom is 0.420 e. The van der Waals surface area contributed by atoms with Gasteiger partial charge in [-0.25, -0.2) is 4.39 Å². The summed E-state index contributed by atoms with van der Waals surface area (Å²) in [6, 6.07) is 2.01. The molecule has 0 aliphatic carbocycles. The Bertz CT molecular complexity index is 408. The lowest BCUT2D eigenvalue weighted by molar-refractivity contribution is -0.143. The van der Waals surface area contributed by atoms with E-state index >= 15 is 0 Å². The average Bonchev–Trinajstić information content (AvgIpc) is 2.16. The topological polar surface area (TPSA) is 9.23 Å². The molecule has 0 heterocycles. The van der Waals surface area contributed by atoms with Crippen LogP contribution < -0.4 is 4.74 Å². The largest absolute Gasteiger partial charge is 0.490 e. The summed E-state index contributed by atoms with van der Waals surface area (Å²) < 4.78 is 90.0. The zero-order valence-corrected chi connectivity index (χ0v) is 8.70. The van der Waals surface area contributed by atoms with Crippen LogP contribution in [0.1, 0.15) is 12.0 Å². The minimum absolute atomic E-state index is 0.534. The van der Waals surface area contributed by atoms with Crippen molar-refractivity contribution in [2.24, 2.45) is 0 Å². The van der Waals surface area contributed by atoms with Gasteiger partial charge < -0.3 is 4.74 Å². The van der Waals surface area contributed by atoms with Gasteiger partial charge in [0, 0.05) is 0 Å². The highest BCUT2D eigenvalue weighted by Crippen LogP contribution is 2.37. The van der Waals surface area contributed by atoms with E-state index in [4.69, 9.17) is 0 Å². The molecule has 0 radical (unpaired) electrons. The molecule has 0 aliphatic heterocycles. The molecule has 0 bridgehead atoms. The monoisotopic (exact) mass is 276 g/mol. The highest BCUT2D eigenvalue weighted by Gasteiger charge is 2.36. The fraction of sp³-hybridized carbons (Fsp3) is 0.400. The van der Waals surface area contributed by atoms with Crippen LogP contribution in [0, 0.1) is 5.82 Å². The van der Waals surface area contributed by atoms with Crippen LogP contribution in [0.3, 0.4) is 0 Å². The van der Waals surface area contributed by atoms with Crippen molar-refractivity contribution in [3.8, 4) is 5.75 Å². The Labute approximate surface area is 97.2 Å². The standard InChI is InChI=1S/C10H7F7O/c11-7-3-1-2-6(10(15,16)17)8(7)18-5-4-9(12,13)14/h1-3H,4-5H2. The van der Waals surface area contributed by atoms with E-state index in [1.807, 2.05) is 0 Å². The van der Waals surface area contributed by atoms with Crippen molar-refractivity contribution in [1.82, 2.24) is 0 Å². The van der Waals surface area contributed by atoms with Gasteiger partial charge in [-0.1, -0.05) is 6.07 Å². The van der Waals surface area contributed by atoms with Gasteiger partial charge in [0.05, 0.1) is 13.0 Å². The number of benzene rings is 1. The molecule has 0 aliphatic rings. The molecule has 0 fully saturated rings. The minimum Gasteiger partial charge on any atom is -0.490 e. The lowest BCUT2D eigenvalue weighted by Gasteiger charge is -2.15. The number of ether oxygens (including phenoxy) is 1. The third kappa shape index (κ3) is 4.08. The van der Waals surface area contributed by atoms with Crippen LogP contribution in [-0.2, 0) is 6.18 Å². The summed E-state index contributed by atoms with van der Waals surface area (Å²) in [4.78, 5) is 0. The van der Waals surface area contributed by atoms with Gasteiger partial charge in [0.2, 0.25) is 0 Å². The van der Waals surface area contributed by atoms with E-state index in [9.17, 15) is 30.7 Å². The van der Waals surface area contributed by atoms with Crippen molar-refractivity contribution in [1.29, 1.82) is 0 Å². The molecule has 1 aromatic carbocycles. The molecule has 0 spiro atoms. The Morgan fingerprint density at radius 1 is 1.00 bits per heavy atom. The molecule has 1 aromatic rings. The van der Waals surface area contributed by atoms with E-state index in [1.165, 1.54) is 0 Å². The molecule has 0 saturated heterocycles. The average molecular weight is 276 g/mol. The molecule has 0 amide bonds. The number of halogens is 7. The zero-order valence-electron chi connectivity index (χ0n) is 8.70. The quantitative estimate of drug-likeness (QED) is 0.753. The van der Waals surface area contributed by atoms with Gasteiger partial charge in [0.25, 0.3) is 0 Å². The number of para-hydroxylation sites is 1. The predicted molar refractivity (Wildman–Crippen MR) is 47.6 cm³/mol. The second-order valence-electron chi connectivity index (χ2n) is 3.33. The number of alkyl halides is 6. The summed E-state index contributed by atoms with van der Waals surface area (Å²) in [5.74, 6) is -2.57. The minimum atomic E-state index is -4.89. The van der Waals surface area contributed by atoms with Crippen molar-refractivity contribution in [2.75, 3.05) is 6.61 Å². The highest BCUT2D eigenvalue weighted by molar-refractivity contribution is 5.37. The lowest BCUT2D eigenvalue weighted by atomic mass is 10.2. The maximum absolute atomic E-state index is 13.1. The van der Waals surface area contributed by atoms with Crippen LogP contribution in [-0.4, -0.2) is 12.8 Å². The van der Waals surface area contributed by atoms with Gasteiger partial charge in [-0.05, 0) is 12.1 Å². The Kier molecular flexibility index (Phi) is 4.08. The van der Waals surface area contributed by atoms with Gasteiger partial charge in [-0.3, -0.25) is 0 Å². The third-order valence-corrected chi connectivity index (χ3v) is 1.90. The van der Waals surface area contributed by atoms with E-state index in [-0.39, 0.29) is 0 Å². The Hall–Kier alpha value is -1.47. The lowest BCUT2D eigenvalue weighted by Crippen LogP contribution is -2.16. The first-order valence-electron chi connectivity index (χ1n) is 4.66. The Morgan fingerprint density at radius 3 is 2.11 bits per heavy atom. The van der Waals surface area contributed by atoms with E-state index in [1.54, 1.807) is 0 Å². The Balaban J connectivity index is 2.88. The predicted octanol–water partition coefficient (Wildman–Crippen LogP) is 4.18. The van der Waals surface area contributed by atoms with Crippen LogP contribution in [0.4, 0.5) is 30.7 Å². The maximum atomic E-state index is 13.1. The fourth-order valence-electron chi connectivity index (χ4n) is 1.15. The molecule has 0 aromatic heterocycles. The zero-order chi connectivity index (χ0) is 14.0. The van der Waals surface area contributed by atoms with Gasteiger partial charge in [-0.15, -0.1) is 0 Å². The molecule has 0 atom stereocenters. The van der Waals surface area contributed by atoms with Crippen molar-refractivity contribution in [3.05, 3.63) is 29.6 Å². The second-order valence-corrected chi connectivity index (χ2v) is 3.33. The van der Waals surface area contributed by atoms with Crippen LogP contribution >= 0.6 is 0 Å². The van der Waals surface area contributed by atoms with Crippen LogP contribution in [0.5, 0.6) is 5.75 Å². The smallest absolute Gasteiger partial charge is 0.420 e. The Morgan fingerprint density at radius 2 is 1.61 bits per heavy atom. The molecular formula is C10H7F7O. The molecule has 18 heavy (non-hydrogen) atoms. The highest BCUT2D eigenvalue weighted by atomic mass is 19.4. The summed E-state index contributed by atoms with van der Waals surface area (Å²) >= 11 is 0. The number of rotatable bonds is 3. The van der Waals surface area contributed by atoms with Gasteiger partial charge in [0.15, 0.2) is 11.6 Å². The van der Waals surface area contributed by atoms with Crippen molar-refractivity contribution in [3.63, 3.8) is 0 Å². The van der Waals surface area contributed by atoms with Crippen molar-refractivity contribution in [2.45, 2.75) is 18.8 Å². The number of hydrogen-bond donors (Lipinski definition) is 0. The second kappa shape index (κ2) is 5.03. The molecule has 8 heteroatoms. The summed E-state index contributed by atoms with van der Waals surface area (Å²) in [7, 11) is 0. The van der Waals surface area contributed by atoms with Crippen molar-refractivity contribution >= 4 is 0 Å². The van der Waals surface area contributed by atoms with Gasteiger partial charge >= 0.3 is 12.4 Å². The van der Waals surface area contributed by atoms with E-state index < -0.39 is 42.5 Å². The van der Waals surface area contributed by atoms with Gasteiger partial charge in [-0.2, -0.15) is 26.3 Å². The fourth-order valence-corrected chi connectivity index (χ4v) is 1.15. The molecule has 0 unspecified atom stereocenters. The van der Waals surface area contributed by atoms with E-state index in [0.29, 0.717) is 12.1 Å². The summed E-state index contributed by atoms with van der Waals surface area (Å²) in [5, 5.41) is 0. The summed E-state index contributed by atoms with van der Waals surface area (Å²) in [5.41, 5.74) is -1.44. The SMILES string of the molecule is Fc1cccc(C(F)(F)F)c1OCCC(F)(F)F. The van der Waals surface area contributed by atoms with Crippen molar-refractivity contribution < 1.29 is 35.5 Å². The van der Waals surface area contributed by atoms with Crippen LogP contribution in [0.15, 0.2) is 18.2 Å². The summed E-state index contributed by atoms with van der Waals surface area (Å²) in [6.07, 6.45) is -10.9. The normalized spacial score (nSPS) is 12.6. The van der Waals surface area contributed by atoms with Crippen LogP contribution in [0.25, 0.3) is 0 Å². The molecule has 0 saturated carbocycles. The number of hydrogen-bond acceptors (Lipinski definition) is 1. The third-order valence-electron chi connectivity index (χ3n) is 1.90. The molecular weight excluding hydrogens is 269 g/mol. The first-order chi connectivity index (χ1) is 8.11. The molecule has 102 valence electrons. The summed E-state index contributed by atoms with van der Waals surface area (Å²) in [6.45, 7) is -1.08. The van der Waals surface area contributed by atoms with E-state index in [0.717, 1.165) is 6.07 Å². The molecule has 1 nitrogen and oxygen atoms in total. The van der Waals surface area contributed by atoms with Gasteiger partial charge in [0.1, 0.15) is 5.56 Å². The molecule has 1 rings (SSSR count).